The smallest absolute Gasteiger partial charge is 0.142 e. The van der Waals surface area contributed by atoms with E-state index in [1.54, 1.807) is 0 Å². The molecule has 4 heteroatoms. The van der Waals surface area contributed by atoms with Crippen molar-refractivity contribution < 1.29 is 0 Å². The van der Waals surface area contributed by atoms with Gasteiger partial charge >= 0.3 is 0 Å². The number of halogens is 3. The Morgan fingerprint density at radius 3 is 2.00 bits per heavy atom. The first-order valence-electron chi connectivity index (χ1n) is 3.05. The first kappa shape index (κ1) is 11.0. The largest absolute Gasteiger partial charge is 0.158 e. The number of hydrogen-bond acceptors (Lipinski definition) is 1. The zero-order chi connectivity index (χ0) is 8.65. The van der Waals surface area contributed by atoms with Crippen LogP contribution in [0.15, 0.2) is 6.07 Å². The van der Waals surface area contributed by atoms with Crippen LogP contribution in [-0.4, -0.2) is 0 Å². The Balaban J connectivity index is 3.08. The Bertz CT molecular complexity index is 240. The van der Waals surface area contributed by atoms with Gasteiger partial charge in [0.1, 0.15) is 0 Å². The summed E-state index contributed by atoms with van der Waals surface area (Å²) in [4.78, 5) is 2.89. The van der Waals surface area contributed by atoms with Crippen molar-refractivity contribution in [1.29, 1.82) is 0 Å². The highest BCUT2D eigenvalue weighted by Gasteiger charge is 2.22. The number of hydrogen-bond donors (Lipinski definition) is 0. The summed E-state index contributed by atoms with van der Waals surface area (Å²) in [5, 5.41) is 0. The minimum atomic E-state index is 0.233. The molecular weight excluding hydrogens is 497 g/mol. The van der Waals surface area contributed by atoms with E-state index in [2.05, 4.69) is 87.7 Å². The Morgan fingerprint density at radius 2 is 1.82 bits per heavy atom. The average Bonchev–Trinajstić information content (AvgIpc) is 2.11. The van der Waals surface area contributed by atoms with Crippen LogP contribution in [-0.2, 0) is -0.565 Å². The van der Waals surface area contributed by atoms with E-state index in [4.69, 9.17) is 0 Å². The van der Waals surface area contributed by atoms with E-state index in [-0.39, 0.29) is -0.565 Å². The fourth-order valence-electron chi connectivity index (χ4n) is 0.713. The second kappa shape index (κ2) is 3.95. The summed E-state index contributed by atoms with van der Waals surface area (Å²) in [7, 11) is 0. The Hall–Kier alpha value is 1.89. The Labute approximate surface area is 112 Å². The maximum absolute atomic E-state index is 2.46. The molecule has 1 aromatic rings. The standard InChI is InChI=1S/C7H7I3S/c1-4-3-6(7(8,9)10)11-5(4)2/h3H,1-2H3. The van der Waals surface area contributed by atoms with E-state index in [1.165, 1.54) is 15.3 Å². The summed E-state index contributed by atoms with van der Waals surface area (Å²) in [6.45, 7) is 4.35. The molecule has 0 radical (unpaired) electrons. The topological polar surface area (TPSA) is 0 Å². The maximum Gasteiger partial charge on any atom is 0.158 e. The number of thiophene rings is 1. The lowest BCUT2D eigenvalue weighted by Crippen LogP contribution is -1.90. The van der Waals surface area contributed by atoms with Crippen molar-refractivity contribution in [3.8, 4) is 0 Å². The molecule has 0 aliphatic heterocycles. The molecule has 0 bridgehead atoms. The van der Waals surface area contributed by atoms with Crippen molar-refractivity contribution in [1.82, 2.24) is 0 Å². The number of rotatable bonds is 1. The summed E-state index contributed by atoms with van der Waals surface area (Å²) < 4.78 is 0.233. The van der Waals surface area contributed by atoms with Crippen molar-refractivity contribution in [3.63, 3.8) is 0 Å². The molecule has 0 aliphatic carbocycles. The van der Waals surface area contributed by atoms with Gasteiger partial charge < -0.3 is 0 Å². The molecule has 0 nitrogen and oxygen atoms in total. The molecule has 0 atom stereocenters. The molecule has 1 heterocycles. The highest BCUT2D eigenvalue weighted by atomic mass is 127. The second-order valence-electron chi connectivity index (χ2n) is 2.35. The summed E-state index contributed by atoms with van der Waals surface area (Å²) in [5.41, 5.74) is 1.42. The first-order chi connectivity index (χ1) is 4.91. The second-order valence-corrected chi connectivity index (χ2v) is 14.7. The maximum atomic E-state index is 2.46. The van der Waals surface area contributed by atoms with E-state index in [0.717, 1.165) is 0 Å². The third-order valence-electron chi connectivity index (χ3n) is 1.45. The van der Waals surface area contributed by atoms with Crippen LogP contribution in [0, 0.1) is 13.8 Å². The van der Waals surface area contributed by atoms with Crippen LogP contribution in [0.2, 0.25) is 0 Å². The zero-order valence-corrected chi connectivity index (χ0v) is 13.4. The van der Waals surface area contributed by atoms with Crippen LogP contribution in [0.25, 0.3) is 0 Å². The summed E-state index contributed by atoms with van der Waals surface area (Å²) in [6, 6.07) is 2.28. The van der Waals surface area contributed by atoms with Crippen molar-refractivity contribution in [3.05, 3.63) is 21.4 Å². The molecule has 0 aliphatic rings. The Kier molecular flexibility index (Phi) is 3.94. The van der Waals surface area contributed by atoms with Crippen LogP contribution in [0.5, 0.6) is 0 Å². The third-order valence-corrected chi connectivity index (χ3v) is 5.56. The molecule has 0 spiro atoms. The minimum absolute atomic E-state index is 0.233. The molecule has 0 saturated heterocycles. The van der Waals surface area contributed by atoms with Gasteiger partial charge in [-0.1, -0.05) is 0 Å². The van der Waals surface area contributed by atoms with Gasteiger partial charge in [-0.05, 0) is 93.2 Å². The monoisotopic (exact) mass is 504 g/mol. The fraction of sp³-hybridized carbons (Fsp3) is 0.429. The third kappa shape index (κ3) is 2.94. The summed E-state index contributed by atoms with van der Waals surface area (Å²) in [6.07, 6.45) is 0. The van der Waals surface area contributed by atoms with Gasteiger partial charge in [0.15, 0.2) is -0.565 Å². The SMILES string of the molecule is Cc1cc(C(I)(I)I)sc1C. The van der Waals surface area contributed by atoms with Crippen LogP contribution in [0.4, 0.5) is 0 Å². The molecule has 0 aromatic carbocycles. The molecule has 0 amide bonds. The molecule has 0 saturated carbocycles. The lowest BCUT2D eigenvalue weighted by atomic mass is 10.3. The lowest BCUT2D eigenvalue weighted by Gasteiger charge is -2.07. The molecule has 0 N–H and O–H groups in total. The normalized spacial score (nSPS) is 12.1. The van der Waals surface area contributed by atoms with Crippen LogP contribution < -0.4 is 0 Å². The first-order valence-corrected chi connectivity index (χ1v) is 7.11. The van der Waals surface area contributed by atoms with Gasteiger partial charge in [-0.25, -0.2) is 0 Å². The van der Waals surface area contributed by atoms with Gasteiger partial charge in [-0.3, -0.25) is 0 Å². The van der Waals surface area contributed by atoms with Gasteiger partial charge in [0.2, 0.25) is 0 Å². The van der Waals surface area contributed by atoms with Crippen molar-refractivity contribution in [2.24, 2.45) is 0 Å². The molecule has 0 unspecified atom stereocenters. The minimum Gasteiger partial charge on any atom is -0.142 e. The van der Waals surface area contributed by atoms with Gasteiger partial charge in [0.25, 0.3) is 0 Å². The van der Waals surface area contributed by atoms with Gasteiger partial charge in [0, 0.05) is 9.75 Å². The molecular formula is C7H7I3S. The average molecular weight is 504 g/mol. The fourth-order valence-corrected chi connectivity index (χ4v) is 3.07. The molecule has 62 valence electrons. The van der Waals surface area contributed by atoms with Crippen molar-refractivity contribution in [2.45, 2.75) is 13.3 Å². The van der Waals surface area contributed by atoms with E-state index < -0.39 is 0 Å². The van der Waals surface area contributed by atoms with E-state index in [9.17, 15) is 0 Å². The van der Waals surface area contributed by atoms with Crippen molar-refractivity contribution >= 4 is 79.1 Å². The van der Waals surface area contributed by atoms with Gasteiger partial charge in [-0.2, -0.15) is 0 Å². The van der Waals surface area contributed by atoms with Crippen LogP contribution in [0.1, 0.15) is 15.3 Å². The van der Waals surface area contributed by atoms with Crippen LogP contribution >= 0.6 is 79.1 Å². The highest BCUT2D eigenvalue weighted by molar-refractivity contribution is 14.3. The highest BCUT2D eigenvalue weighted by Crippen LogP contribution is 2.49. The van der Waals surface area contributed by atoms with E-state index in [1.807, 2.05) is 11.3 Å². The van der Waals surface area contributed by atoms with Gasteiger partial charge in [0.05, 0.1) is 0 Å². The quantitative estimate of drug-likeness (QED) is 0.382. The van der Waals surface area contributed by atoms with E-state index in [0.29, 0.717) is 0 Å². The summed E-state index contributed by atoms with van der Waals surface area (Å²) >= 11 is 9.27. The predicted molar refractivity (Wildman–Crippen MR) is 77.5 cm³/mol. The molecule has 0 fully saturated rings. The predicted octanol–water partition coefficient (Wildman–Crippen LogP) is 4.78. The van der Waals surface area contributed by atoms with E-state index >= 15 is 0 Å². The summed E-state index contributed by atoms with van der Waals surface area (Å²) in [5.74, 6) is 0. The van der Waals surface area contributed by atoms with Gasteiger partial charge in [-0.15, -0.1) is 11.3 Å². The van der Waals surface area contributed by atoms with Crippen LogP contribution in [0.3, 0.4) is 0 Å². The number of alkyl halides is 3. The Morgan fingerprint density at radius 1 is 1.27 bits per heavy atom. The lowest BCUT2D eigenvalue weighted by molar-refractivity contribution is 1.42. The van der Waals surface area contributed by atoms with Crippen molar-refractivity contribution in [2.75, 3.05) is 0 Å². The number of aryl methyl sites for hydroxylation is 2. The molecule has 1 rings (SSSR count). The zero-order valence-electron chi connectivity index (χ0n) is 6.12. The molecule has 1 aromatic heterocycles. The molecule has 11 heavy (non-hydrogen) atoms.